The minimum atomic E-state index is -0.464. The molecule has 2 aromatic carbocycles. The minimum absolute atomic E-state index is 0.00493. The number of thiocarbonyl (C=S) groups is 1. The predicted octanol–water partition coefficient (Wildman–Crippen LogP) is 3.94. The van der Waals surface area contributed by atoms with Gasteiger partial charge in [-0.2, -0.15) is 0 Å². The fourth-order valence-corrected chi connectivity index (χ4v) is 3.59. The van der Waals surface area contributed by atoms with Gasteiger partial charge in [0.15, 0.2) is 11.5 Å². The van der Waals surface area contributed by atoms with Gasteiger partial charge in [-0.1, -0.05) is 30.0 Å². The van der Waals surface area contributed by atoms with Crippen LogP contribution in [-0.2, 0) is 4.79 Å². The van der Waals surface area contributed by atoms with Gasteiger partial charge in [0, 0.05) is 12.1 Å². The Balaban J connectivity index is 1.60. The summed E-state index contributed by atoms with van der Waals surface area (Å²) in [5.74, 6) is 1.40. The maximum absolute atomic E-state index is 11.8. The molecular formula is C20H18N2O6S2. The van der Waals surface area contributed by atoms with Crippen LogP contribution < -0.4 is 19.5 Å². The molecule has 1 N–H and O–H groups in total. The Hall–Kier alpha value is -3.11. The van der Waals surface area contributed by atoms with Crippen LogP contribution in [0.3, 0.4) is 0 Å². The molecule has 2 aromatic rings. The zero-order valence-corrected chi connectivity index (χ0v) is 17.6. The predicted molar refractivity (Wildman–Crippen MR) is 118 cm³/mol. The highest BCUT2D eigenvalue weighted by molar-refractivity contribution is 8.26. The first-order chi connectivity index (χ1) is 14.5. The summed E-state index contributed by atoms with van der Waals surface area (Å²) in [5.41, 5.74) is 0.792. The number of nitrogens with zero attached hydrogens (tertiary/aromatic N) is 1. The number of benzene rings is 2. The number of nitrogens with one attached hydrogen (secondary N) is 1. The normalized spacial score (nSPS) is 14.5. The quantitative estimate of drug-likeness (QED) is 0.203. The second kappa shape index (κ2) is 10.1. The van der Waals surface area contributed by atoms with Crippen molar-refractivity contribution in [1.82, 2.24) is 5.32 Å². The molecule has 0 spiro atoms. The molecule has 0 atom stereocenters. The number of rotatable bonds is 9. The zero-order chi connectivity index (χ0) is 21.5. The molecule has 0 bridgehead atoms. The van der Waals surface area contributed by atoms with Crippen molar-refractivity contribution in [2.45, 2.75) is 6.92 Å². The molecule has 30 heavy (non-hydrogen) atoms. The van der Waals surface area contributed by atoms with E-state index in [1.54, 1.807) is 18.2 Å². The molecule has 10 heteroatoms. The maximum atomic E-state index is 11.8. The molecule has 1 aliphatic rings. The van der Waals surface area contributed by atoms with Crippen LogP contribution in [0.15, 0.2) is 47.4 Å². The van der Waals surface area contributed by atoms with E-state index in [2.05, 4.69) is 5.32 Å². The summed E-state index contributed by atoms with van der Waals surface area (Å²) in [6.45, 7) is 2.83. The molecule has 0 radical (unpaired) electrons. The van der Waals surface area contributed by atoms with Gasteiger partial charge in [-0.05, 0) is 42.8 Å². The maximum Gasteiger partial charge on any atom is 0.269 e. The zero-order valence-electron chi connectivity index (χ0n) is 16.0. The lowest BCUT2D eigenvalue weighted by Crippen LogP contribution is -2.17. The Morgan fingerprint density at radius 2 is 1.83 bits per heavy atom. The van der Waals surface area contributed by atoms with E-state index in [0.29, 0.717) is 33.1 Å². The number of hydrogen-bond donors (Lipinski definition) is 1. The first kappa shape index (κ1) is 21.6. The van der Waals surface area contributed by atoms with Crippen LogP contribution in [0.2, 0.25) is 0 Å². The van der Waals surface area contributed by atoms with Gasteiger partial charge in [-0.3, -0.25) is 14.9 Å². The van der Waals surface area contributed by atoms with E-state index in [1.165, 1.54) is 36.0 Å². The van der Waals surface area contributed by atoms with Crippen LogP contribution in [0, 0.1) is 10.1 Å². The average molecular weight is 447 g/mol. The molecule has 0 unspecified atom stereocenters. The molecule has 1 fully saturated rings. The second-order valence-electron chi connectivity index (χ2n) is 5.94. The van der Waals surface area contributed by atoms with E-state index in [4.69, 9.17) is 26.4 Å². The summed E-state index contributed by atoms with van der Waals surface area (Å²) in [6.07, 6.45) is 1.74. The van der Waals surface area contributed by atoms with Gasteiger partial charge >= 0.3 is 0 Å². The van der Waals surface area contributed by atoms with Gasteiger partial charge in [0.2, 0.25) is 0 Å². The molecule has 3 rings (SSSR count). The summed E-state index contributed by atoms with van der Waals surface area (Å²) in [6, 6.07) is 11.2. The molecule has 0 saturated carbocycles. The van der Waals surface area contributed by atoms with E-state index in [1.807, 2.05) is 13.0 Å². The van der Waals surface area contributed by atoms with Crippen molar-refractivity contribution in [1.29, 1.82) is 0 Å². The van der Waals surface area contributed by atoms with Crippen molar-refractivity contribution in [2.75, 3.05) is 19.8 Å². The fraction of sp³-hybridized carbons (Fsp3) is 0.200. The van der Waals surface area contributed by atoms with Crippen molar-refractivity contribution in [3.63, 3.8) is 0 Å². The number of thioether (sulfide) groups is 1. The molecule has 0 aromatic heterocycles. The SMILES string of the molecule is CCOc1cc(/C=C2/SC(=S)NC2=O)ccc1OCCOc1ccc([N+](=O)[O-])cc1. The van der Waals surface area contributed by atoms with Crippen LogP contribution in [-0.4, -0.2) is 35.0 Å². The highest BCUT2D eigenvalue weighted by atomic mass is 32.2. The van der Waals surface area contributed by atoms with Crippen molar-refractivity contribution >= 4 is 46.0 Å². The Bertz CT molecular complexity index is 991. The number of nitro benzene ring substituents is 1. The van der Waals surface area contributed by atoms with Crippen LogP contribution in [0.4, 0.5) is 5.69 Å². The monoisotopic (exact) mass is 446 g/mol. The lowest BCUT2D eigenvalue weighted by Gasteiger charge is -2.13. The summed E-state index contributed by atoms with van der Waals surface area (Å²) < 4.78 is 17.4. The lowest BCUT2D eigenvalue weighted by atomic mass is 10.2. The van der Waals surface area contributed by atoms with Crippen LogP contribution >= 0.6 is 24.0 Å². The summed E-state index contributed by atoms with van der Waals surface area (Å²) in [7, 11) is 0. The number of amides is 1. The largest absolute Gasteiger partial charge is 0.490 e. The van der Waals surface area contributed by atoms with Crippen molar-refractivity contribution < 1.29 is 23.9 Å². The Morgan fingerprint density at radius 1 is 1.10 bits per heavy atom. The first-order valence-electron chi connectivity index (χ1n) is 8.98. The topological polar surface area (TPSA) is 99.9 Å². The first-order valence-corrected chi connectivity index (χ1v) is 10.2. The van der Waals surface area contributed by atoms with Crippen molar-refractivity contribution in [3.05, 3.63) is 63.0 Å². The number of carbonyl (C=O) groups excluding carboxylic acids is 1. The van der Waals surface area contributed by atoms with Gasteiger partial charge < -0.3 is 19.5 Å². The number of ether oxygens (including phenoxy) is 3. The van der Waals surface area contributed by atoms with Crippen LogP contribution in [0.25, 0.3) is 6.08 Å². The molecule has 1 amide bonds. The number of nitro groups is 1. The van der Waals surface area contributed by atoms with Crippen molar-refractivity contribution in [3.8, 4) is 17.2 Å². The summed E-state index contributed by atoms with van der Waals surface area (Å²) in [5, 5.41) is 13.2. The molecule has 8 nitrogen and oxygen atoms in total. The second-order valence-corrected chi connectivity index (χ2v) is 7.66. The Kier molecular flexibility index (Phi) is 7.26. The number of non-ortho nitro benzene ring substituents is 1. The van der Waals surface area contributed by atoms with E-state index in [9.17, 15) is 14.9 Å². The van der Waals surface area contributed by atoms with Crippen LogP contribution in [0.5, 0.6) is 17.2 Å². The van der Waals surface area contributed by atoms with Crippen molar-refractivity contribution in [2.24, 2.45) is 0 Å². The highest BCUT2D eigenvalue weighted by Crippen LogP contribution is 2.32. The fourth-order valence-electron chi connectivity index (χ4n) is 2.55. The van der Waals surface area contributed by atoms with Crippen LogP contribution in [0.1, 0.15) is 12.5 Å². The molecule has 0 aliphatic carbocycles. The van der Waals surface area contributed by atoms with E-state index >= 15 is 0 Å². The molecule has 1 heterocycles. The van der Waals surface area contributed by atoms with E-state index in [-0.39, 0.29) is 24.8 Å². The number of carbonyl (C=O) groups is 1. The van der Waals surface area contributed by atoms with Gasteiger partial charge in [-0.25, -0.2) is 0 Å². The van der Waals surface area contributed by atoms with E-state index in [0.717, 1.165) is 5.56 Å². The van der Waals surface area contributed by atoms with Gasteiger partial charge in [0.1, 0.15) is 23.3 Å². The van der Waals surface area contributed by atoms with E-state index < -0.39 is 4.92 Å². The average Bonchev–Trinajstić information content (AvgIpc) is 3.04. The Labute approximate surface area is 182 Å². The minimum Gasteiger partial charge on any atom is -0.490 e. The molecule has 156 valence electrons. The highest BCUT2D eigenvalue weighted by Gasteiger charge is 2.22. The standard InChI is InChI=1S/C20H18N2O6S2/c1-2-26-17-11-13(12-18-19(23)21-20(29)30-18)3-8-16(17)28-10-9-27-15-6-4-14(5-7-15)22(24)25/h3-8,11-12H,2,9-10H2,1H3,(H,21,23,29)/b18-12+. The van der Waals surface area contributed by atoms with Gasteiger partial charge in [0.25, 0.3) is 11.6 Å². The van der Waals surface area contributed by atoms with Gasteiger partial charge in [-0.15, -0.1) is 0 Å². The molecule has 1 aliphatic heterocycles. The smallest absolute Gasteiger partial charge is 0.269 e. The Morgan fingerprint density at radius 3 is 2.47 bits per heavy atom. The molecular weight excluding hydrogens is 428 g/mol. The number of hydrogen-bond acceptors (Lipinski definition) is 8. The third-order valence-electron chi connectivity index (χ3n) is 3.86. The third kappa shape index (κ3) is 5.71. The lowest BCUT2D eigenvalue weighted by molar-refractivity contribution is -0.384. The third-order valence-corrected chi connectivity index (χ3v) is 5.03. The molecule has 1 saturated heterocycles. The summed E-state index contributed by atoms with van der Waals surface area (Å²) >= 11 is 6.21. The summed E-state index contributed by atoms with van der Waals surface area (Å²) in [4.78, 5) is 22.5. The van der Waals surface area contributed by atoms with Gasteiger partial charge in [0.05, 0.1) is 16.4 Å².